The molecule has 0 aliphatic carbocycles. The zero-order chi connectivity index (χ0) is 24.1. The molecule has 6 nitrogen and oxygen atoms in total. The van der Waals surface area contributed by atoms with Gasteiger partial charge in [-0.25, -0.2) is 22.0 Å². The molecular formula is C25H18F2N2O4S. The summed E-state index contributed by atoms with van der Waals surface area (Å²) in [6, 6.07) is 22.1. The molecule has 0 radical (unpaired) electrons. The number of esters is 1. The molecule has 0 atom stereocenters. The Morgan fingerprint density at radius 2 is 1.50 bits per heavy atom. The van der Waals surface area contributed by atoms with Gasteiger partial charge < -0.3 is 4.74 Å². The van der Waals surface area contributed by atoms with Gasteiger partial charge in [0.15, 0.2) is 0 Å². The molecule has 0 aliphatic rings. The Morgan fingerprint density at radius 3 is 2.09 bits per heavy atom. The van der Waals surface area contributed by atoms with Crippen LogP contribution in [-0.4, -0.2) is 19.4 Å². The van der Waals surface area contributed by atoms with Crippen molar-refractivity contribution in [3.8, 4) is 11.3 Å². The Morgan fingerprint density at radius 1 is 0.882 bits per heavy atom. The Hall–Kier alpha value is -4.11. The number of hydrogen-bond acceptors (Lipinski definition) is 5. The van der Waals surface area contributed by atoms with Crippen molar-refractivity contribution in [3.05, 3.63) is 114 Å². The van der Waals surface area contributed by atoms with Crippen molar-refractivity contribution in [1.82, 2.24) is 4.98 Å². The van der Waals surface area contributed by atoms with E-state index >= 15 is 0 Å². The van der Waals surface area contributed by atoms with Gasteiger partial charge in [-0.1, -0.05) is 60.7 Å². The third-order valence-electron chi connectivity index (χ3n) is 4.83. The maximum absolute atomic E-state index is 14.5. The number of carbonyl (C=O) groups is 1. The number of ether oxygens (including phenoxy) is 1. The van der Waals surface area contributed by atoms with Crippen molar-refractivity contribution in [3.63, 3.8) is 0 Å². The number of halogens is 2. The Kier molecular flexibility index (Phi) is 6.65. The van der Waals surface area contributed by atoms with Crippen LogP contribution in [0.1, 0.15) is 15.9 Å². The second-order valence-electron chi connectivity index (χ2n) is 7.23. The van der Waals surface area contributed by atoms with E-state index in [1.807, 2.05) is 30.3 Å². The summed E-state index contributed by atoms with van der Waals surface area (Å²) in [7, 11) is -4.19. The van der Waals surface area contributed by atoms with Crippen LogP contribution in [0, 0.1) is 11.6 Å². The van der Waals surface area contributed by atoms with E-state index < -0.39 is 33.2 Å². The van der Waals surface area contributed by atoms with Gasteiger partial charge in [0.05, 0.1) is 11.4 Å². The molecule has 0 aliphatic heterocycles. The number of nitrogens with one attached hydrogen (secondary N) is 1. The standard InChI is InChI=1S/C25H18F2N2O4S/c26-21-13-19(14-22(27)24(21)25(30)33-16-17-7-3-1-4-8-17)29-34(31,32)20-11-12-23(28-15-20)18-9-5-2-6-10-18/h1-15,29H,16H2. The van der Waals surface area contributed by atoms with Crippen molar-refractivity contribution in [1.29, 1.82) is 0 Å². The number of sulfonamides is 1. The van der Waals surface area contributed by atoms with Crippen LogP contribution in [0.5, 0.6) is 0 Å². The molecule has 0 saturated carbocycles. The summed E-state index contributed by atoms with van der Waals surface area (Å²) in [5.41, 5.74) is 0.718. The van der Waals surface area contributed by atoms with Crippen LogP contribution in [0.15, 0.2) is 96.0 Å². The van der Waals surface area contributed by atoms with Crippen molar-refractivity contribution < 1.29 is 26.7 Å². The number of aromatic nitrogens is 1. The lowest BCUT2D eigenvalue weighted by Gasteiger charge is -2.11. The second-order valence-corrected chi connectivity index (χ2v) is 8.91. The average molecular weight is 480 g/mol. The van der Waals surface area contributed by atoms with Gasteiger partial charge in [-0.3, -0.25) is 9.71 Å². The van der Waals surface area contributed by atoms with Crippen LogP contribution in [-0.2, 0) is 21.4 Å². The first-order valence-corrected chi connectivity index (χ1v) is 11.6. The minimum Gasteiger partial charge on any atom is -0.457 e. The number of pyridine rings is 1. The maximum atomic E-state index is 14.5. The van der Waals surface area contributed by atoms with Gasteiger partial charge in [0.25, 0.3) is 10.0 Å². The summed E-state index contributed by atoms with van der Waals surface area (Å²) in [5, 5.41) is 0. The molecule has 1 aromatic heterocycles. The monoisotopic (exact) mass is 480 g/mol. The summed E-state index contributed by atoms with van der Waals surface area (Å²) in [5.74, 6) is -3.71. The van der Waals surface area contributed by atoms with Crippen molar-refractivity contribution in [2.24, 2.45) is 0 Å². The van der Waals surface area contributed by atoms with Crippen LogP contribution >= 0.6 is 0 Å². The first-order valence-electron chi connectivity index (χ1n) is 10.1. The average Bonchev–Trinajstić information content (AvgIpc) is 2.83. The number of anilines is 1. The largest absolute Gasteiger partial charge is 0.457 e. The van der Waals surface area contributed by atoms with E-state index in [-0.39, 0.29) is 17.2 Å². The van der Waals surface area contributed by atoms with E-state index in [2.05, 4.69) is 9.71 Å². The van der Waals surface area contributed by atoms with Crippen molar-refractivity contribution in [2.75, 3.05) is 4.72 Å². The highest BCUT2D eigenvalue weighted by Crippen LogP contribution is 2.24. The SMILES string of the molecule is O=C(OCc1ccccc1)c1c(F)cc(NS(=O)(=O)c2ccc(-c3ccccc3)nc2)cc1F. The quantitative estimate of drug-likeness (QED) is 0.368. The molecule has 0 fully saturated rings. The van der Waals surface area contributed by atoms with Crippen LogP contribution < -0.4 is 4.72 Å². The van der Waals surface area contributed by atoms with Crippen LogP contribution in [0.2, 0.25) is 0 Å². The number of nitrogens with zero attached hydrogens (tertiary/aromatic N) is 1. The molecule has 4 aromatic rings. The molecule has 0 amide bonds. The molecule has 0 spiro atoms. The van der Waals surface area contributed by atoms with Gasteiger partial charge in [-0.15, -0.1) is 0 Å². The van der Waals surface area contributed by atoms with Gasteiger partial charge in [-0.05, 0) is 29.8 Å². The smallest absolute Gasteiger partial charge is 0.344 e. The zero-order valence-electron chi connectivity index (χ0n) is 17.6. The lowest BCUT2D eigenvalue weighted by molar-refractivity contribution is 0.0461. The number of carbonyl (C=O) groups excluding carboxylic acids is 1. The highest BCUT2D eigenvalue weighted by Gasteiger charge is 2.23. The Labute approximate surface area is 194 Å². The predicted octanol–water partition coefficient (Wildman–Crippen LogP) is 5.18. The third-order valence-corrected chi connectivity index (χ3v) is 6.19. The first kappa shape index (κ1) is 23.1. The van der Waals surface area contributed by atoms with E-state index in [9.17, 15) is 22.0 Å². The van der Waals surface area contributed by atoms with E-state index in [0.29, 0.717) is 23.4 Å². The van der Waals surface area contributed by atoms with E-state index in [4.69, 9.17) is 4.74 Å². The van der Waals surface area contributed by atoms with Crippen LogP contribution in [0.25, 0.3) is 11.3 Å². The fraction of sp³-hybridized carbons (Fsp3) is 0.0400. The fourth-order valence-corrected chi connectivity index (χ4v) is 4.14. The minimum absolute atomic E-state index is 0.168. The number of benzene rings is 3. The van der Waals surface area contributed by atoms with Crippen LogP contribution in [0.3, 0.4) is 0 Å². The molecule has 34 heavy (non-hydrogen) atoms. The van der Waals surface area contributed by atoms with Gasteiger partial charge in [0, 0.05) is 11.8 Å². The van der Waals surface area contributed by atoms with Crippen LogP contribution in [0.4, 0.5) is 14.5 Å². The molecule has 9 heteroatoms. The lowest BCUT2D eigenvalue weighted by atomic mass is 10.1. The molecule has 172 valence electrons. The normalized spacial score (nSPS) is 11.1. The summed E-state index contributed by atoms with van der Waals surface area (Å²) in [6.07, 6.45) is 1.15. The number of hydrogen-bond donors (Lipinski definition) is 1. The molecule has 4 rings (SSSR count). The Balaban J connectivity index is 1.49. The third kappa shape index (κ3) is 5.26. The molecule has 3 aromatic carbocycles. The molecule has 0 unspecified atom stereocenters. The van der Waals surface area contributed by atoms with E-state index in [0.717, 1.165) is 11.8 Å². The fourth-order valence-electron chi connectivity index (χ4n) is 3.16. The number of rotatable bonds is 7. The topological polar surface area (TPSA) is 85.4 Å². The van der Waals surface area contributed by atoms with Crippen molar-refractivity contribution in [2.45, 2.75) is 11.5 Å². The summed E-state index contributed by atoms with van der Waals surface area (Å²) >= 11 is 0. The van der Waals surface area contributed by atoms with E-state index in [1.165, 1.54) is 12.1 Å². The summed E-state index contributed by atoms with van der Waals surface area (Å²) in [4.78, 5) is 16.1. The van der Waals surface area contributed by atoms with Gasteiger partial charge >= 0.3 is 5.97 Å². The molecular weight excluding hydrogens is 462 g/mol. The highest BCUT2D eigenvalue weighted by molar-refractivity contribution is 7.92. The zero-order valence-corrected chi connectivity index (χ0v) is 18.4. The lowest BCUT2D eigenvalue weighted by Crippen LogP contribution is -2.15. The highest BCUT2D eigenvalue weighted by atomic mass is 32.2. The predicted molar refractivity (Wildman–Crippen MR) is 122 cm³/mol. The summed E-state index contributed by atoms with van der Waals surface area (Å²) < 4.78 is 61.4. The first-order chi connectivity index (χ1) is 16.3. The molecule has 1 heterocycles. The molecule has 0 bridgehead atoms. The van der Waals surface area contributed by atoms with Gasteiger partial charge in [-0.2, -0.15) is 0 Å². The van der Waals surface area contributed by atoms with Gasteiger partial charge in [0.2, 0.25) is 0 Å². The van der Waals surface area contributed by atoms with Crippen molar-refractivity contribution >= 4 is 21.7 Å². The summed E-state index contributed by atoms with van der Waals surface area (Å²) in [6.45, 7) is -0.168. The van der Waals surface area contributed by atoms with E-state index in [1.54, 1.807) is 30.3 Å². The minimum atomic E-state index is -4.19. The maximum Gasteiger partial charge on any atom is 0.344 e. The Bertz CT molecular complexity index is 1390. The molecule has 1 N–H and O–H groups in total. The molecule has 0 saturated heterocycles. The second kappa shape index (κ2) is 9.80. The van der Waals surface area contributed by atoms with Gasteiger partial charge in [0.1, 0.15) is 28.7 Å².